The van der Waals surface area contributed by atoms with Gasteiger partial charge in [-0.2, -0.15) is 0 Å². The number of carboxylic acids is 1. The highest BCUT2D eigenvalue weighted by molar-refractivity contribution is 5.79. The third kappa shape index (κ3) is 1.91. The molecule has 1 N–H and O–H groups in total. The fourth-order valence-corrected chi connectivity index (χ4v) is 4.28. The molecule has 18 heavy (non-hydrogen) atoms. The number of hydrogen-bond donors (Lipinski definition) is 1. The van der Waals surface area contributed by atoms with Gasteiger partial charge in [0, 0.05) is 6.08 Å². The molecule has 3 heteroatoms. The quantitative estimate of drug-likeness (QED) is 0.614. The Labute approximate surface area is 108 Å². The van der Waals surface area contributed by atoms with Crippen molar-refractivity contribution in [3.05, 3.63) is 24.3 Å². The number of ether oxygens (including phenoxy) is 1. The summed E-state index contributed by atoms with van der Waals surface area (Å²) in [5.74, 6) is 0.483. The molecule has 0 aromatic carbocycles. The van der Waals surface area contributed by atoms with Gasteiger partial charge >= 0.3 is 5.97 Å². The van der Waals surface area contributed by atoms with Crippen LogP contribution in [0.1, 0.15) is 32.1 Å². The van der Waals surface area contributed by atoms with Crippen molar-refractivity contribution >= 4 is 5.97 Å². The van der Waals surface area contributed by atoms with Crippen molar-refractivity contribution in [1.82, 2.24) is 0 Å². The van der Waals surface area contributed by atoms with Crippen molar-refractivity contribution in [3.63, 3.8) is 0 Å². The van der Waals surface area contributed by atoms with E-state index >= 15 is 0 Å². The fourth-order valence-electron chi connectivity index (χ4n) is 4.28. The van der Waals surface area contributed by atoms with Crippen LogP contribution in [0.25, 0.3) is 0 Å². The van der Waals surface area contributed by atoms with Gasteiger partial charge in [0.1, 0.15) is 0 Å². The Morgan fingerprint density at radius 1 is 1.44 bits per heavy atom. The Bertz CT molecular complexity index is 399. The van der Waals surface area contributed by atoms with Crippen LogP contribution in [0.4, 0.5) is 0 Å². The van der Waals surface area contributed by atoms with E-state index in [4.69, 9.17) is 9.84 Å². The molecule has 98 valence electrons. The second-order valence-electron chi connectivity index (χ2n) is 5.87. The van der Waals surface area contributed by atoms with E-state index in [1.54, 1.807) is 6.08 Å². The first-order chi connectivity index (χ1) is 8.71. The molecular weight excluding hydrogens is 228 g/mol. The summed E-state index contributed by atoms with van der Waals surface area (Å²) in [6.07, 6.45) is 14.2. The first-order valence-electron chi connectivity index (χ1n) is 6.89. The summed E-state index contributed by atoms with van der Waals surface area (Å²) in [7, 11) is 0. The molecule has 0 saturated heterocycles. The lowest BCUT2D eigenvalue weighted by Crippen LogP contribution is -2.37. The van der Waals surface area contributed by atoms with Gasteiger partial charge in [-0.05, 0) is 49.4 Å². The predicted molar refractivity (Wildman–Crippen MR) is 68.2 cm³/mol. The van der Waals surface area contributed by atoms with E-state index in [1.165, 1.54) is 25.7 Å². The minimum absolute atomic E-state index is 0.326. The molecule has 0 aliphatic heterocycles. The highest BCUT2D eigenvalue weighted by Gasteiger charge is 2.54. The molecule has 0 aromatic rings. The van der Waals surface area contributed by atoms with Crippen LogP contribution in [-0.4, -0.2) is 23.8 Å². The van der Waals surface area contributed by atoms with E-state index in [1.807, 2.05) is 0 Å². The molecular formula is C15H20O3. The van der Waals surface area contributed by atoms with Crippen LogP contribution < -0.4 is 0 Å². The van der Waals surface area contributed by atoms with Gasteiger partial charge in [-0.3, -0.25) is 0 Å². The predicted octanol–water partition coefficient (Wildman–Crippen LogP) is 2.78. The van der Waals surface area contributed by atoms with Gasteiger partial charge in [-0.25, -0.2) is 4.79 Å². The lowest BCUT2D eigenvalue weighted by Gasteiger charge is -2.40. The standard InChI is InChI=1S/C15H20O3/c16-14(17)4-2-10-18-13-6-9-15-7-1-3-12(15)11(13)5-8-15/h1-4,11-13H,5-10H2,(H,16,17)/b4-2-. The second kappa shape index (κ2) is 4.54. The van der Waals surface area contributed by atoms with Crippen LogP contribution >= 0.6 is 0 Å². The summed E-state index contributed by atoms with van der Waals surface area (Å²) in [5.41, 5.74) is 0.571. The molecule has 2 saturated carbocycles. The number of allylic oxidation sites excluding steroid dienone is 2. The molecule has 0 amide bonds. The van der Waals surface area contributed by atoms with Gasteiger partial charge in [0.25, 0.3) is 0 Å². The zero-order chi connectivity index (χ0) is 12.6. The monoisotopic (exact) mass is 248 g/mol. The van der Waals surface area contributed by atoms with E-state index in [2.05, 4.69) is 12.2 Å². The molecule has 3 rings (SSSR count). The molecule has 0 heterocycles. The van der Waals surface area contributed by atoms with Crippen molar-refractivity contribution in [2.45, 2.75) is 38.2 Å². The van der Waals surface area contributed by atoms with Crippen LogP contribution in [0.3, 0.4) is 0 Å². The zero-order valence-corrected chi connectivity index (χ0v) is 10.5. The minimum atomic E-state index is -0.902. The summed E-state index contributed by atoms with van der Waals surface area (Å²) in [6.45, 7) is 0.427. The highest BCUT2D eigenvalue weighted by atomic mass is 16.5. The van der Waals surface area contributed by atoms with Crippen LogP contribution in [-0.2, 0) is 9.53 Å². The topological polar surface area (TPSA) is 46.5 Å². The summed E-state index contributed by atoms with van der Waals surface area (Å²) >= 11 is 0. The first-order valence-corrected chi connectivity index (χ1v) is 6.89. The molecule has 0 spiro atoms. The smallest absolute Gasteiger partial charge is 0.328 e. The lowest BCUT2D eigenvalue weighted by atomic mass is 9.68. The van der Waals surface area contributed by atoms with Crippen LogP contribution in [0.2, 0.25) is 0 Å². The van der Waals surface area contributed by atoms with E-state index in [-0.39, 0.29) is 0 Å². The SMILES string of the molecule is O=C(O)/C=C\COC1CCC23CC=CC2C1CC3. The molecule has 4 unspecified atom stereocenters. The Morgan fingerprint density at radius 2 is 2.28 bits per heavy atom. The molecule has 3 aliphatic rings. The number of carbonyl (C=O) groups is 1. The van der Waals surface area contributed by atoms with Crippen molar-refractivity contribution in [2.24, 2.45) is 17.3 Å². The summed E-state index contributed by atoms with van der Waals surface area (Å²) in [6, 6.07) is 0. The Morgan fingerprint density at radius 3 is 3.11 bits per heavy atom. The van der Waals surface area contributed by atoms with Crippen molar-refractivity contribution < 1.29 is 14.6 Å². The van der Waals surface area contributed by atoms with Crippen LogP contribution in [0, 0.1) is 17.3 Å². The van der Waals surface area contributed by atoms with E-state index in [0.717, 1.165) is 18.4 Å². The van der Waals surface area contributed by atoms with E-state index in [9.17, 15) is 4.79 Å². The summed E-state index contributed by atoms with van der Waals surface area (Å²) in [4.78, 5) is 10.4. The first kappa shape index (κ1) is 12.0. The van der Waals surface area contributed by atoms with Gasteiger partial charge < -0.3 is 9.84 Å². The van der Waals surface area contributed by atoms with Gasteiger partial charge in [-0.15, -0.1) is 0 Å². The zero-order valence-electron chi connectivity index (χ0n) is 10.5. The third-order valence-corrected chi connectivity index (χ3v) is 5.08. The Hall–Kier alpha value is -1.09. The van der Waals surface area contributed by atoms with Crippen molar-refractivity contribution in [2.75, 3.05) is 6.61 Å². The van der Waals surface area contributed by atoms with Gasteiger partial charge in [0.15, 0.2) is 0 Å². The Balaban J connectivity index is 1.59. The maximum Gasteiger partial charge on any atom is 0.328 e. The molecule has 3 nitrogen and oxygen atoms in total. The van der Waals surface area contributed by atoms with Gasteiger partial charge in [0.2, 0.25) is 0 Å². The van der Waals surface area contributed by atoms with E-state index in [0.29, 0.717) is 24.0 Å². The van der Waals surface area contributed by atoms with Crippen LogP contribution in [0.15, 0.2) is 24.3 Å². The molecule has 3 aliphatic carbocycles. The van der Waals surface area contributed by atoms with Gasteiger partial charge in [0.05, 0.1) is 12.7 Å². The molecule has 0 radical (unpaired) electrons. The number of aliphatic carboxylic acids is 1. The highest BCUT2D eigenvalue weighted by Crippen LogP contribution is 2.61. The normalized spacial score (nSPS) is 41.4. The Kier molecular flexibility index (Phi) is 3.02. The van der Waals surface area contributed by atoms with E-state index < -0.39 is 5.97 Å². The average Bonchev–Trinajstić information content (AvgIpc) is 2.83. The third-order valence-electron chi connectivity index (χ3n) is 5.08. The number of rotatable bonds is 4. The van der Waals surface area contributed by atoms with Crippen molar-refractivity contribution in [1.29, 1.82) is 0 Å². The second-order valence-corrected chi connectivity index (χ2v) is 5.87. The maximum absolute atomic E-state index is 10.4. The number of hydrogen-bond acceptors (Lipinski definition) is 2. The lowest BCUT2D eigenvalue weighted by molar-refractivity contribution is -0.131. The summed E-state index contributed by atoms with van der Waals surface area (Å²) in [5, 5.41) is 8.53. The molecule has 4 atom stereocenters. The van der Waals surface area contributed by atoms with Gasteiger partial charge in [-0.1, -0.05) is 18.2 Å². The minimum Gasteiger partial charge on any atom is -0.478 e. The molecule has 2 fully saturated rings. The van der Waals surface area contributed by atoms with Crippen LogP contribution in [0.5, 0.6) is 0 Å². The average molecular weight is 248 g/mol. The van der Waals surface area contributed by atoms with Crippen molar-refractivity contribution in [3.8, 4) is 0 Å². The fraction of sp³-hybridized carbons (Fsp3) is 0.667. The molecule has 2 bridgehead atoms. The molecule has 0 aromatic heterocycles. The summed E-state index contributed by atoms with van der Waals surface area (Å²) < 4.78 is 5.88. The number of carboxylic acid groups (broad SMARTS) is 1. The largest absolute Gasteiger partial charge is 0.478 e. The maximum atomic E-state index is 10.4.